The van der Waals surface area contributed by atoms with Crippen LogP contribution in [0.5, 0.6) is 5.75 Å². The van der Waals surface area contributed by atoms with Gasteiger partial charge in [-0.05, 0) is 25.1 Å². The number of hydrogen-bond donors (Lipinski definition) is 3. The van der Waals surface area contributed by atoms with Crippen LogP contribution in [-0.2, 0) is 0 Å². The lowest BCUT2D eigenvalue weighted by molar-refractivity contribution is 0.101. The minimum atomic E-state index is -0.448. The number of nitrogens with zero attached hydrogens (tertiary/aromatic N) is 2. The summed E-state index contributed by atoms with van der Waals surface area (Å²) < 4.78 is 0. The third kappa shape index (κ3) is 2.54. The lowest BCUT2D eigenvalue weighted by Gasteiger charge is -2.03. The number of H-pyrrole nitrogens is 1. The van der Waals surface area contributed by atoms with Gasteiger partial charge in [-0.15, -0.1) is 5.10 Å². The van der Waals surface area contributed by atoms with Gasteiger partial charge < -0.3 is 10.4 Å². The highest BCUT2D eigenvalue weighted by molar-refractivity contribution is 6.32. The third-order valence-electron chi connectivity index (χ3n) is 2.01. The zero-order valence-corrected chi connectivity index (χ0v) is 9.62. The van der Waals surface area contributed by atoms with Crippen molar-refractivity contribution in [3.05, 3.63) is 34.9 Å². The Balaban J connectivity index is 2.15. The van der Waals surface area contributed by atoms with Crippen LogP contribution in [0.25, 0.3) is 0 Å². The van der Waals surface area contributed by atoms with Gasteiger partial charge in [0.15, 0.2) is 0 Å². The van der Waals surface area contributed by atoms with Crippen LogP contribution < -0.4 is 5.32 Å². The molecule has 0 radical (unpaired) electrons. The Bertz CT molecular complexity index is 567. The molecule has 1 aromatic carbocycles. The van der Waals surface area contributed by atoms with Gasteiger partial charge in [-0.1, -0.05) is 11.6 Å². The molecule has 0 saturated carbocycles. The third-order valence-corrected chi connectivity index (χ3v) is 2.31. The Hall–Kier alpha value is -2.08. The maximum Gasteiger partial charge on any atom is 0.295 e. The lowest BCUT2D eigenvalue weighted by Crippen LogP contribution is -2.13. The van der Waals surface area contributed by atoms with Crippen molar-refractivity contribution in [2.75, 3.05) is 5.32 Å². The predicted molar refractivity (Wildman–Crippen MR) is 62.2 cm³/mol. The number of aromatic nitrogens is 3. The van der Waals surface area contributed by atoms with Gasteiger partial charge in [-0.3, -0.25) is 9.89 Å². The molecule has 1 amide bonds. The molecule has 0 aliphatic carbocycles. The molecule has 0 atom stereocenters. The Kier molecular flexibility index (Phi) is 2.97. The summed E-state index contributed by atoms with van der Waals surface area (Å²) in [5, 5.41) is 18.2. The van der Waals surface area contributed by atoms with Crippen molar-refractivity contribution in [3.8, 4) is 5.75 Å². The zero-order chi connectivity index (χ0) is 12.4. The highest BCUT2D eigenvalue weighted by atomic mass is 35.5. The van der Waals surface area contributed by atoms with Crippen LogP contribution in [0.15, 0.2) is 18.2 Å². The minimum Gasteiger partial charge on any atom is -0.506 e. The van der Waals surface area contributed by atoms with Crippen LogP contribution in [0.3, 0.4) is 0 Å². The summed E-state index contributed by atoms with van der Waals surface area (Å²) in [5.41, 5.74) is 0.459. The molecule has 0 saturated heterocycles. The largest absolute Gasteiger partial charge is 0.506 e. The summed E-state index contributed by atoms with van der Waals surface area (Å²) in [6.07, 6.45) is 0. The Morgan fingerprint density at radius 2 is 2.29 bits per heavy atom. The zero-order valence-electron chi connectivity index (χ0n) is 8.86. The topological polar surface area (TPSA) is 90.9 Å². The molecule has 0 bridgehead atoms. The molecule has 0 aliphatic heterocycles. The molecule has 6 nitrogen and oxygen atoms in total. The van der Waals surface area contributed by atoms with Gasteiger partial charge in [-0.25, -0.2) is 4.98 Å². The number of carbonyl (C=O) groups is 1. The average molecular weight is 253 g/mol. The van der Waals surface area contributed by atoms with E-state index < -0.39 is 5.91 Å². The standard InChI is InChI=1S/C10H9ClN4O2/c1-5-12-9(15-14-5)10(17)13-6-2-3-8(16)7(11)4-6/h2-4,16H,1H3,(H,13,17)(H,12,14,15). The van der Waals surface area contributed by atoms with E-state index in [1.165, 1.54) is 18.2 Å². The number of halogens is 1. The van der Waals surface area contributed by atoms with E-state index in [9.17, 15) is 9.90 Å². The van der Waals surface area contributed by atoms with E-state index in [4.69, 9.17) is 11.6 Å². The van der Waals surface area contributed by atoms with Gasteiger partial charge in [0, 0.05) is 5.69 Å². The number of rotatable bonds is 2. The maximum atomic E-state index is 11.7. The summed E-state index contributed by atoms with van der Waals surface area (Å²) in [6, 6.07) is 4.36. The molecule has 1 heterocycles. The number of aromatic hydroxyl groups is 1. The number of nitrogens with one attached hydrogen (secondary N) is 2. The predicted octanol–water partition coefficient (Wildman–Crippen LogP) is 1.72. The number of aromatic amines is 1. The SMILES string of the molecule is Cc1nc(C(=O)Nc2ccc(O)c(Cl)c2)n[nH]1. The van der Waals surface area contributed by atoms with E-state index in [-0.39, 0.29) is 16.6 Å². The number of amides is 1. The molecule has 0 fully saturated rings. The first kappa shape index (κ1) is 11.4. The first-order valence-corrected chi connectivity index (χ1v) is 5.13. The summed E-state index contributed by atoms with van der Waals surface area (Å²) in [5.74, 6) is 0.111. The van der Waals surface area contributed by atoms with Crippen LogP contribution in [0.2, 0.25) is 5.02 Å². The smallest absolute Gasteiger partial charge is 0.295 e. The van der Waals surface area contributed by atoms with Crippen LogP contribution in [0.1, 0.15) is 16.4 Å². The Labute approximate surface area is 102 Å². The summed E-state index contributed by atoms with van der Waals surface area (Å²) in [4.78, 5) is 15.5. The molecule has 1 aromatic heterocycles. The van der Waals surface area contributed by atoms with Crippen molar-refractivity contribution in [2.45, 2.75) is 6.92 Å². The quantitative estimate of drug-likeness (QED) is 0.710. The minimum absolute atomic E-state index is 0.0431. The summed E-state index contributed by atoms with van der Waals surface area (Å²) >= 11 is 5.71. The maximum absolute atomic E-state index is 11.7. The fourth-order valence-corrected chi connectivity index (χ4v) is 1.40. The van der Waals surface area contributed by atoms with E-state index in [2.05, 4.69) is 20.5 Å². The number of phenolic OH excluding ortho intramolecular Hbond substituents is 1. The highest BCUT2D eigenvalue weighted by Gasteiger charge is 2.11. The van der Waals surface area contributed by atoms with E-state index >= 15 is 0 Å². The molecule has 0 unspecified atom stereocenters. The molecular weight excluding hydrogens is 244 g/mol. The number of carbonyl (C=O) groups excluding carboxylic acids is 1. The molecule has 88 valence electrons. The van der Waals surface area contributed by atoms with Gasteiger partial charge in [0.2, 0.25) is 5.82 Å². The first-order chi connectivity index (χ1) is 8.06. The molecule has 0 spiro atoms. The number of anilines is 1. The fourth-order valence-electron chi connectivity index (χ4n) is 1.22. The van der Waals surface area contributed by atoms with Crippen LogP contribution in [0.4, 0.5) is 5.69 Å². The second kappa shape index (κ2) is 4.42. The van der Waals surface area contributed by atoms with E-state index in [0.717, 1.165) is 0 Å². The summed E-state index contributed by atoms with van der Waals surface area (Å²) in [7, 11) is 0. The average Bonchev–Trinajstić information content (AvgIpc) is 2.70. The van der Waals surface area contributed by atoms with E-state index in [1.54, 1.807) is 6.92 Å². The van der Waals surface area contributed by atoms with E-state index in [0.29, 0.717) is 11.5 Å². The molecule has 17 heavy (non-hydrogen) atoms. The Morgan fingerprint density at radius 3 is 2.88 bits per heavy atom. The summed E-state index contributed by atoms with van der Waals surface area (Å²) in [6.45, 7) is 1.70. The molecule has 7 heteroatoms. The van der Waals surface area contributed by atoms with Crippen molar-refractivity contribution >= 4 is 23.2 Å². The second-order valence-corrected chi connectivity index (χ2v) is 3.77. The van der Waals surface area contributed by atoms with Crippen molar-refractivity contribution in [1.82, 2.24) is 15.2 Å². The number of aryl methyl sites for hydroxylation is 1. The van der Waals surface area contributed by atoms with Crippen molar-refractivity contribution < 1.29 is 9.90 Å². The van der Waals surface area contributed by atoms with Crippen molar-refractivity contribution in [1.29, 1.82) is 0 Å². The lowest BCUT2D eigenvalue weighted by atomic mass is 10.3. The molecule has 2 rings (SSSR count). The van der Waals surface area contributed by atoms with Gasteiger partial charge >= 0.3 is 0 Å². The molecule has 2 aromatic rings. The van der Waals surface area contributed by atoms with Crippen molar-refractivity contribution in [3.63, 3.8) is 0 Å². The monoisotopic (exact) mass is 252 g/mol. The second-order valence-electron chi connectivity index (χ2n) is 3.36. The van der Waals surface area contributed by atoms with Crippen molar-refractivity contribution in [2.24, 2.45) is 0 Å². The molecule has 0 aliphatic rings. The fraction of sp³-hybridized carbons (Fsp3) is 0.100. The van der Waals surface area contributed by atoms with Crippen LogP contribution >= 0.6 is 11.6 Å². The van der Waals surface area contributed by atoms with Crippen LogP contribution in [-0.4, -0.2) is 26.2 Å². The number of hydrogen-bond acceptors (Lipinski definition) is 4. The van der Waals surface area contributed by atoms with Gasteiger partial charge in [0.05, 0.1) is 5.02 Å². The van der Waals surface area contributed by atoms with Crippen LogP contribution in [0, 0.1) is 6.92 Å². The van der Waals surface area contributed by atoms with E-state index in [1.807, 2.05) is 0 Å². The number of benzene rings is 1. The normalized spacial score (nSPS) is 10.2. The van der Waals surface area contributed by atoms with Gasteiger partial charge in [0.25, 0.3) is 5.91 Å². The molecule has 3 N–H and O–H groups in total. The molecular formula is C10H9ClN4O2. The van der Waals surface area contributed by atoms with Gasteiger partial charge in [0.1, 0.15) is 11.6 Å². The Morgan fingerprint density at radius 1 is 1.53 bits per heavy atom. The first-order valence-electron chi connectivity index (χ1n) is 4.75. The highest BCUT2D eigenvalue weighted by Crippen LogP contribution is 2.26. The number of phenols is 1. The van der Waals surface area contributed by atoms with Gasteiger partial charge in [-0.2, -0.15) is 0 Å².